The van der Waals surface area contributed by atoms with Crippen LogP contribution in [0.2, 0.25) is 4.34 Å². The normalized spacial score (nSPS) is 24.1. The van der Waals surface area contributed by atoms with Gasteiger partial charge in [0.25, 0.3) is 0 Å². The zero-order valence-electron chi connectivity index (χ0n) is 20.0. The van der Waals surface area contributed by atoms with Gasteiger partial charge in [-0.15, -0.1) is 11.3 Å². The van der Waals surface area contributed by atoms with Crippen LogP contribution in [0.15, 0.2) is 29.2 Å². The molecule has 1 N–H and O–H groups in total. The van der Waals surface area contributed by atoms with E-state index in [2.05, 4.69) is 9.62 Å². The maximum Gasteiger partial charge on any atom is 0.242 e. The minimum absolute atomic E-state index is 0.0175. The third-order valence-electron chi connectivity index (χ3n) is 7.20. The molecule has 2 aromatic rings. The second-order valence-electron chi connectivity index (χ2n) is 9.62. The van der Waals surface area contributed by atoms with Crippen LogP contribution in [0.5, 0.6) is 0 Å². The molecule has 0 aliphatic carbocycles. The fourth-order valence-corrected chi connectivity index (χ4v) is 7.82. The van der Waals surface area contributed by atoms with E-state index < -0.39 is 16.1 Å². The Balaban J connectivity index is 1.21. The largest absolute Gasteiger partial charge is 0.379 e. The molecule has 3 fully saturated rings. The van der Waals surface area contributed by atoms with Crippen molar-refractivity contribution in [3.05, 3.63) is 28.6 Å². The van der Waals surface area contributed by atoms with E-state index in [1.165, 1.54) is 22.3 Å². The fourth-order valence-electron chi connectivity index (χ4n) is 5.30. The van der Waals surface area contributed by atoms with Crippen molar-refractivity contribution >= 4 is 54.9 Å². The van der Waals surface area contributed by atoms with Crippen molar-refractivity contribution in [3.8, 4) is 0 Å². The highest BCUT2D eigenvalue weighted by molar-refractivity contribution is 7.89. The summed E-state index contributed by atoms with van der Waals surface area (Å²) in [4.78, 5) is 32.2. The smallest absolute Gasteiger partial charge is 0.242 e. The van der Waals surface area contributed by atoms with Crippen LogP contribution in [-0.4, -0.2) is 99.5 Å². The third kappa shape index (κ3) is 5.71. The summed E-state index contributed by atoms with van der Waals surface area (Å²) in [6.07, 6.45) is 2.94. The average Bonchev–Trinajstić information content (AvgIpc) is 3.47. The highest BCUT2D eigenvalue weighted by Crippen LogP contribution is 2.31. The Kier molecular flexibility index (Phi) is 7.85. The number of sulfonamides is 1. The highest BCUT2D eigenvalue weighted by atomic mass is 35.5. The molecule has 2 unspecified atom stereocenters. The lowest BCUT2D eigenvalue weighted by atomic mass is 10.1. The van der Waals surface area contributed by atoms with E-state index in [9.17, 15) is 18.0 Å². The molecule has 3 aliphatic rings. The van der Waals surface area contributed by atoms with Gasteiger partial charge in [0.1, 0.15) is 6.04 Å². The number of carbonyl (C=O) groups is 2. The standard InChI is InChI=1S/C24H31ClN4O5S2/c25-22-13-17-5-6-19(14-21(17)35-22)36(32,33)26-20-4-2-7-28(24(20)31)16-23(30)29-8-1-3-18(29)15-27-9-11-34-12-10-27/h5-6,13-14,18,20,26H,1-4,7-12,15-16H2. The summed E-state index contributed by atoms with van der Waals surface area (Å²) in [5.74, 6) is -0.412. The second-order valence-corrected chi connectivity index (χ2v) is 13.1. The molecule has 0 bridgehead atoms. The Morgan fingerprint density at radius 2 is 1.89 bits per heavy atom. The number of carbonyl (C=O) groups excluding carboxylic acids is 2. The van der Waals surface area contributed by atoms with Gasteiger partial charge in [0, 0.05) is 43.5 Å². The summed E-state index contributed by atoms with van der Waals surface area (Å²) in [7, 11) is -3.91. The Bertz CT molecular complexity index is 1230. The molecule has 0 radical (unpaired) electrons. The molecule has 2 amide bonds. The summed E-state index contributed by atoms with van der Waals surface area (Å²) in [6, 6.07) is 5.85. The lowest BCUT2D eigenvalue weighted by Crippen LogP contribution is -2.55. The first-order valence-electron chi connectivity index (χ1n) is 12.4. The number of hydrogen-bond acceptors (Lipinski definition) is 7. The van der Waals surface area contributed by atoms with E-state index in [0.717, 1.165) is 55.8 Å². The summed E-state index contributed by atoms with van der Waals surface area (Å²) >= 11 is 7.36. The molecule has 4 heterocycles. The number of nitrogens with one attached hydrogen (secondary N) is 1. The van der Waals surface area contributed by atoms with Crippen molar-refractivity contribution in [2.45, 2.75) is 42.7 Å². The van der Waals surface area contributed by atoms with Gasteiger partial charge in [-0.3, -0.25) is 14.5 Å². The van der Waals surface area contributed by atoms with Crippen LogP contribution in [-0.2, 0) is 24.3 Å². The van der Waals surface area contributed by atoms with Crippen molar-refractivity contribution in [2.24, 2.45) is 0 Å². The van der Waals surface area contributed by atoms with Crippen molar-refractivity contribution < 1.29 is 22.7 Å². The Labute approximate surface area is 220 Å². The van der Waals surface area contributed by atoms with Gasteiger partial charge in [0.05, 0.1) is 29.0 Å². The van der Waals surface area contributed by atoms with Crippen molar-refractivity contribution in [3.63, 3.8) is 0 Å². The Hall–Kier alpha value is -1.76. The van der Waals surface area contributed by atoms with Gasteiger partial charge in [0.15, 0.2) is 0 Å². The molecule has 12 heteroatoms. The summed E-state index contributed by atoms with van der Waals surface area (Å²) in [5, 5.41) is 0.871. The first-order chi connectivity index (χ1) is 17.3. The lowest BCUT2D eigenvalue weighted by molar-refractivity contribution is -0.143. The first-order valence-corrected chi connectivity index (χ1v) is 15.1. The predicted octanol–water partition coefficient (Wildman–Crippen LogP) is 2.15. The van der Waals surface area contributed by atoms with Gasteiger partial charge in [-0.05, 0) is 49.3 Å². The zero-order valence-corrected chi connectivity index (χ0v) is 22.4. The van der Waals surface area contributed by atoms with Crippen LogP contribution in [0.1, 0.15) is 25.7 Å². The molecular formula is C24H31ClN4O5S2. The number of benzene rings is 1. The van der Waals surface area contributed by atoms with Crippen LogP contribution in [0.25, 0.3) is 10.1 Å². The predicted molar refractivity (Wildman–Crippen MR) is 139 cm³/mol. The summed E-state index contributed by atoms with van der Waals surface area (Å²) in [6.45, 7) is 5.13. The molecule has 0 spiro atoms. The number of amides is 2. The van der Waals surface area contributed by atoms with Crippen LogP contribution >= 0.6 is 22.9 Å². The molecule has 3 saturated heterocycles. The summed E-state index contributed by atoms with van der Waals surface area (Å²) in [5.41, 5.74) is 0. The highest BCUT2D eigenvalue weighted by Gasteiger charge is 2.36. The quantitative estimate of drug-likeness (QED) is 0.563. The van der Waals surface area contributed by atoms with E-state index in [1.54, 1.807) is 18.2 Å². The van der Waals surface area contributed by atoms with Gasteiger partial charge in [0.2, 0.25) is 21.8 Å². The van der Waals surface area contributed by atoms with E-state index in [-0.39, 0.29) is 29.3 Å². The summed E-state index contributed by atoms with van der Waals surface area (Å²) < 4.78 is 35.5. The van der Waals surface area contributed by atoms with Gasteiger partial charge in [-0.1, -0.05) is 17.7 Å². The molecule has 2 atom stereocenters. The molecule has 36 heavy (non-hydrogen) atoms. The Morgan fingerprint density at radius 1 is 1.11 bits per heavy atom. The molecule has 0 saturated carbocycles. The Morgan fingerprint density at radius 3 is 2.69 bits per heavy atom. The number of hydrogen-bond donors (Lipinski definition) is 1. The van der Waals surface area contributed by atoms with Crippen LogP contribution < -0.4 is 4.72 Å². The number of nitrogens with zero attached hydrogens (tertiary/aromatic N) is 3. The number of ether oxygens (including phenoxy) is 1. The van der Waals surface area contributed by atoms with E-state index >= 15 is 0 Å². The number of morpholine rings is 1. The van der Waals surface area contributed by atoms with E-state index in [1.807, 2.05) is 4.90 Å². The van der Waals surface area contributed by atoms with E-state index in [4.69, 9.17) is 16.3 Å². The van der Waals surface area contributed by atoms with Crippen LogP contribution in [0, 0.1) is 0 Å². The second kappa shape index (κ2) is 10.9. The topological polar surface area (TPSA) is 99.3 Å². The van der Waals surface area contributed by atoms with Gasteiger partial charge >= 0.3 is 0 Å². The zero-order chi connectivity index (χ0) is 25.3. The number of halogens is 1. The number of thiophene rings is 1. The molecular weight excluding hydrogens is 524 g/mol. The minimum Gasteiger partial charge on any atom is -0.379 e. The first kappa shape index (κ1) is 25.9. The fraction of sp³-hybridized carbons (Fsp3) is 0.583. The van der Waals surface area contributed by atoms with Crippen molar-refractivity contribution in [1.29, 1.82) is 0 Å². The van der Waals surface area contributed by atoms with Gasteiger partial charge in [-0.25, -0.2) is 8.42 Å². The molecule has 9 nitrogen and oxygen atoms in total. The minimum atomic E-state index is -3.91. The molecule has 196 valence electrons. The van der Waals surface area contributed by atoms with Gasteiger partial charge < -0.3 is 14.5 Å². The maximum atomic E-state index is 13.2. The van der Waals surface area contributed by atoms with Crippen LogP contribution in [0.4, 0.5) is 0 Å². The maximum absolute atomic E-state index is 13.2. The third-order valence-corrected chi connectivity index (χ3v) is 9.89. The SMILES string of the molecule is O=C1C(NS(=O)(=O)c2ccc3cc(Cl)sc3c2)CCCN1CC(=O)N1CCCC1CN1CCOCC1. The van der Waals surface area contributed by atoms with E-state index in [0.29, 0.717) is 30.3 Å². The van der Waals surface area contributed by atoms with Crippen LogP contribution in [0.3, 0.4) is 0 Å². The van der Waals surface area contributed by atoms with Crippen molar-refractivity contribution in [1.82, 2.24) is 19.4 Å². The number of piperidine rings is 1. The molecule has 1 aromatic heterocycles. The average molecular weight is 555 g/mol. The number of likely N-dealkylation sites (tertiary alicyclic amines) is 2. The number of fused-ring (bicyclic) bond motifs is 1. The van der Waals surface area contributed by atoms with Crippen molar-refractivity contribution in [2.75, 3.05) is 52.5 Å². The number of rotatable bonds is 7. The monoisotopic (exact) mass is 554 g/mol. The molecule has 5 rings (SSSR count). The lowest BCUT2D eigenvalue weighted by Gasteiger charge is -2.36. The molecule has 3 aliphatic heterocycles. The molecule has 1 aromatic carbocycles. The van der Waals surface area contributed by atoms with Gasteiger partial charge in [-0.2, -0.15) is 4.72 Å².